The first-order chi connectivity index (χ1) is 15.5. The number of nitrogens with one attached hydrogen (secondary N) is 1. The molecule has 0 aromatic heterocycles. The number of sulfonamides is 1. The van der Waals surface area contributed by atoms with E-state index in [0.29, 0.717) is 39.0 Å². The van der Waals surface area contributed by atoms with E-state index in [4.69, 9.17) is 4.74 Å². The maximum Gasteiger partial charge on any atom is 0.240 e. The first kappa shape index (κ1) is 22.0. The van der Waals surface area contributed by atoms with Crippen LogP contribution in [0.1, 0.15) is 17.5 Å². The highest BCUT2D eigenvalue weighted by Gasteiger charge is 2.23. The zero-order chi connectivity index (χ0) is 22.4. The van der Waals surface area contributed by atoms with Gasteiger partial charge in [0.15, 0.2) is 0 Å². The van der Waals surface area contributed by atoms with Crippen LogP contribution in [-0.2, 0) is 27.7 Å². The molecule has 1 aliphatic rings. The van der Waals surface area contributed by atoms with Crippen molar-refractivity contribution in [3.05, 3.63) is 90.0 Å². The maximum atomic E-state index is 12.8. The molecule has 166 valence electrons. The van der Waals surface area contributed by atoms with Gasteiger partial charge in [-0.1, -0.05) is 54.6 Å². The van der Waals surface area contributed by atoms with Crippen molar-refractivity contribution in [1.82, 2.24) is 4.72 Å². The van der Waals surface area contributed by atoms with Crippen LogP contribution in [0.25, 0.3) is 0 Å². The second-order valence-electron chi connectivity index (χ2n) is 7.64. The molecule has 1 amide bonds. The number of hydrogen-bond donors (Lipinski definition) is 1. The largest absolute Gasteiger partial charge is 0.490 e. The Balaban J connectivity index is 1.31. The van der Waals surface area contributed by atoms with E-state index in [-0.39, 0.29) is 10.8 Å². The summed E-state index contributed by atoms with van der Waals surface area (Å²) in [5.41, 5.74) is 2.80. The number of anilines is 1. The molecular formula is C25H26N2O4S. The SMILES string of the molecule is O=C(CCc1ccc(S(=O)(=O)NCCc2ccccc2)cc1)N1CCOc2ccccc21. The van der Waals surface area contributed by atoms with Gasteiger partial charge in [-0.3, -0.25) is 4.79 Å². The Morgan fingerprint density at radius 1 is 0.875 bits per heavy atom. The highest BCUT2D eigenvalue weighted by atomic mass is 32.2. The average Bonchev–Trinajstić information content (AvgIpc) is 2.83. The summed E-state index contributed by atoms with van der Waals surface area (Å²) in [6.07, 6.45) is 1.51. The molecular weight excluding hydrogens is 424 g/mol. The fourth-order valence-electron chi connectivity index (χ4n) is 3.71. The van der Waals surface area contributed by atoms with Gasteiger partial charge in [-0.05, 0) is 48.2 Å². The van der Waals surface area contributed by atoms with Gasteiger partial charge in [0.1, 0.15) is 12.4 Å². The zero-order valence-corrected chi connectivity index (χ0v) is 18.6. The highest BCUT2D eigenvalue weighted by Crippen LogP contribution is 2.31. The molecule has 1 N–H and O–H groups in total. The molecule has 0 saturated heterocycles. The molecule has 4 rings (SSSR count). The summed E-state index contributed by atoms with van der Waals surface area (Å²) < 4.78 is 33.3. The molecule has 0 fully saturated rings. The Kier molecular flexibility index (Phi) is 6.87. The van der Waals surface area contributed by atoms with Crippen molar-refractivity contribution in [2.75, 3.05) is 24.6 Å². The van der Waals surface area contributed by atoms with Crippen LogP contribution in [-0.4, -0.2) is 34.0 Å². The summed E-state index contributed by atoms with van der Waals surface area (Å²) in [5, 5.41) is 0. The van der Waals surface area contributed by atoms with Crippen LogP contribution < -0.4 is 14.4 Å². The predicted octanol–water partition coefficient (Wildman–Crippen LogP) is 3.57. The lowest BCUT2D eigenvalue weighted by molar-refractivity contribution is -0.118. The van der Waals surface area contributed by atoms with Gasteiger partial charge in [-0.25, -0.2) is 13.1 Å². The number of aryl methyl sites for hydroxylation is 1. The maximum absolute atomic E-state index is 12.8. The smallest absolute Gasteiger partial charge is 0.240 e. The molecule has 0 atom stereocenters. The lowest BCUT2D eigenvalue weighted by Crippen LogP contribution is -2.38. The lowest BCUT2D eigenvalue weighted by Gasteiger charge is -2.29. The fraction of sp³-hybridized carbons (Fsp3) is 0.240. The number of ether oxygens (including phenoxy) is 1. The van der Waals surface area contributed by atoms with Crippen molar-refractivity contribution in [1.29, 1.82) is 0 Å². The van der Waals surface area contributed by atoms with Crippen molar-refractivity contribution >= 4 is 21.6 Å². The summed E-state index contributed by atoms with van der Waals surface area (Å²) in [6.45, 7) is 1.35. The second kappa shape index (κ2) is 9.97. The van der Waals surface area contributed by atoms with Crippen LogP contribution in [0.5, 0.6) is 5.75 Å². The molecule has 6 nitrogen and oxygen atoms in total. The first-order valence-corrected chi connectivity index (χ1v) is 12.2. The quantitative estimate of drug-likeness (QED) is 0.569. The molecule has 1 aliphatic heterocycles. The zero-order valence-electron chi connectivity index (χ0n) is 17.7. The van der Waals surface area contributed by atoms with E-state index in [9.17, 15) is 13.2 Å². The van der Waals surface area contributed by atoms with Crippen LogP contribution in [0.4, 0.5) is 5.69 Å². The molecule has 7 heteroatoms. The minimum absolute atomic E-state index is 0.0278. The lowest BCUT2D eigenvalue weighted by atomic mass is 10.1. The summed E-state index contributed by atoms with van der Waals surface area (Å²) in [5.74, 6) is 0.751. The van der Waals surface area contributed by atoms with Crippen molar-refractivity contribution in [2.24, 2.45) is 0 Å². The molecule has 0 spiro atoms. The van der Waals surface area contributed by atoms with E-state index < -0.39 is 10.0 Å². The third-order valence-corrected chi connectivity index (χ3v) is 6.92. The number of fused-ring (bicyclic) bond motifs is 1. The Hall–Kier alpha value is -3.16. The molecule has 0 aliphatic carbocycles. The van der Waals surface area contributed by atoms with Crippen LogP contribution in [0.3, 0.4) is 0 Å². The Morgan fingerprint density at radius 3 is 2.34 bits per heavy atom. The standard InChI is InChI=1S/C25H26N2O4S/c28-25(27-18-19-31-24-9-5-4-8-23(24)27)15-12-21-10-13-22(14-11-21)32(29,30)26-17-16-20-6-2-1-3-7-20/h1-11,13-14,26H,12,15-19H2. The summed E-state index contributed by atoms with van der Waals surface area (Å²) in [7, 11) is -3.57. The molecule has 1 heterocycles. The van der Waals surface area contributed by atoms with E-state index in [2.05, 4.69) is 4.72 Å². The van der Waals surface area contributed by atoms with Crippen molar-refractivity contribution in [3.8, 4) is 5.75 Å². The molecule has 32 heavy (non-hydrogen) atoms. The number of rotatable bonds is 8. The number of para-hydroxylation sites is 2. The van der Waals surface area contributed by atoms with Crippen molar-refractivity contribution in [2.45, 2.75) is 24.2 Å². The average molecular weight is 451 g/mol. The molecule has 3 aromatic carbocycles. The number of hydrogen-bond acceptors (Lipinski definition) is 4. The molecule has 0 radical (unpaired) electrons. The van der Waals surface area contributed by atoms with Gasteiger partial charge in [0.2, 0.25) is 15.9 Å². The molecule has 3 aromatic rings. The Labute approximate surface area is 188 Å². The number of carbonyl (C=O) groups excluding carboxylic acids is 1. The van der Waals surface area contributed by atoms with Crippen LogP contribution in [0, 0.1) is 0 Å². The summed E-state index contributed by atoms with van der Waals surface area (Å²) in [6, 6.07) is 24.0. The Bertz CT molecular complexity index is 1160. The van der Waals surface area contributed by atoms with E-state index in [1.807, 2.05) is 54.6 Å². The normalized spacial score (nSPS) is 13.3. The summed E-state index contributed by atoms with van der Waals surface area (Å²) >= 11 is 0. The molecule has 0 bridgehead atoms. The van der Waals surface area contributed by atoms with E-state index >= 15 is 0 Å². The first-order valence-electron chi connectivity index (χ1n) is 10.7. The second-order valence-corrected chi connectivity index (χ2v) is 9.41. The predicted molar refractivity (Wildman–Crippen MR) is 124 cm³/mol. The van der Waals surface area contributed by atoms with Gasteiger partial charge in [0.05, 0.1) is 17.1 Å². The van der Waals surface area contributed by atoms with Gasteiger partial charge in [0.25, 0.3) is 0 Å². The fourth-order valence-corrected chi connectivity index (χ4v) is 4.74. The van der Waals surface area contributed by atoms with Crippen LogP contribution >= 0.6 is 0 Å². The van der Waals surface area contributed by atoms with Crippen LogP contribution in [0.15, 0.2) is 83.8 Å². The minimum Gasteiger partial charge on any atom is -0.490 e. The van der Waals surface area contributed by atoms with Crippen molar-refractivity contribution in [3.63, 3.8) is 0 Å². The molecule has 0 saturated carbocycles. The summed E-state index contributed by atoms with van der Waals surface area (Å²) in [4.78, 5) is 14.7. The minimum atomic E-state index is -3.57. The van der Waals surface area contributed by atoms with E-state index in [1.165, 1.54) is 0 Å². The monoisotopic (exact) mass is 450 g/mol. The topological polar surface area (TPSA) is 75.7 Å². The highest BCUT2D eigenvalue weighted by molar-refractivity contribution is 7.89. The number of nitrogens with zero attached hydrogens (tertiary/aromatic N) is 1. The number of carbonyl (C=O) groups is 1. The van der Waals surface area contributed by atoms with Gasteiger partial charge in [0, 0.05) is 13.0 Å². The number of benzene rings is 3. The van der Waals surface area contributed by atoms with Gasteiger partial charge in [-0.2, -0.15) is 0 Å². The van der Waals surface area contributed by atoms with E-state index in [1.54, 1.807) is 29.2 Å². The van der Waals surface area contributed by atoms with Gasteiger partial charge in [-0.15, -0.1) is 0 Å². The Morgan fingerprint density at radius 2 is 1.56 bits per heavy atom. The van der Waals surface area contributed by atoms with E-state index in [0.717, 1.165) is 22.6 Å². The van der Waals surface area contributed by atoms with Gasteiger partial charge >= 0.3 is 0 Å². The van der Waals surface area contributed by atoms with Gasteiger partial charge < -0.3 is 9.64 Å². The third kappa shape index (κ3) is 5.36. The molecule has 0 unspecified atom stereocenters. The third-order valence-electron chi connectivity index (χ3n) is 5.44. The van der Waals surface area contributed by atoms with Crippen LogP contribution in [0.2, 0.25) is 0 Å². The number of amides is 1. The van der Waals surface area contributed by atoms with Crippen molar-refractivity contribution < 1.29 is 17.9 Å².